The first-order valence-corrected chi connectivity index (χ1v) is 14.4. The molecule has 3 amide bonds. The van der Waals surface area contributed by atoms with Crippen LogP contribution in [0.4, 0.5) is 4.79 Å². The lowest BCUT2D eigenvalue weighted by Gasteiger charge is -2.35. The molecule has 0 saturated heterocycles. The summed E-state index contributed by atoms with van der Waals surface area (Å²) < 4.78 is 10.4. The van der Waals surface area contributed by atoms with Crippen molar-refractivity contribution in [2.45, 2.75) is 84.9 Å². The third-order valence-corrected chi connectivity index (χ3v) is 6.38. The van der Waals surface area contributed by atoms with Gasteiger partial charge in [-0.2, -0.15) is 0 Å². The highest BCUT2D eigenvalue weighted by Crippen LogP contribution is 2.27. The Hall–Kier alpha value is -4.08. The smallest absolute Gasteiger partial charge is 0.408 e. The summed E-state index contributed by atoms with van der Waals surface area (Å²) in [5.41, 5.74) is 1.36. The molecule has 0 bridgehead atoms. The van der Waals surface area contributed by atoms with Gasteiger partial charge < -0.3 is 30.1 Å². The molecule has 2 rings (SSSR count). The van der Waals surface area contributed by atoms with Crippen LogP contribution in [0.25, 0.3) is 0 Å². The summed E-state index contributed by atoms with van der Waals surface area (Å²) in [6.45, 7) is 11.3. The number of unbranched alkanes of at least 4 members (excludes halogenated alkanes) is 1. The fourth-order valence-corrected chi connectivity index (χ4v) is 4.37. The van der Waals surface area contributed by atoms with E-state index in [1.165, 1.54) is 17.0 Å². The van der Waals surface area contributed by atoms with E-state index in [-0.39, 0.29) is 38.3 Å². The molecule has 0 aromatic heterocycles. The van der Waals surface area contributed by atoms with Crippen LogP contribution in [-0.4, -0.2) is 65.2 Å². The van der Waals surface area contributed by atoms with Gasteiger partial charge in [-0.25, -0.2) is 4.79 Å². The normalized spacial score (nSPS) is 12.5. The summed E-state index contributed by atoms with van der Waals surface area (Å²) >= 11 is 0. The molecular formula is C32H45N3O7. The number of esters is 1. The van der Waals surface area contributed by atoms with Gasteiger partial charge in [0.1, 0.15) is 23.4 Å². The number of carbonyl (C=O) groups is 4. The molecule has 0 aliphatic rings. The molecular weight excluding hydrogens is 538 g/mol. The van der Waals surface area contributed by atoms with Crippen molar-refractivity contribution in [3.63, 3.8) is 0 Å². The molecule has 3 N–H and O–H groups in total. The number of hydrogen-bond acceptors (Lipinski definition) is 7. The van der Waals surface area contributed by atoms with Crippen molar-refractivity contribution in [1.82, 2.24) is 15.5 Å². The topological polar surface area (TPSA) is 134 Å². The lowest BCUT2D eigenvalue weighted by atomic mass is 9.96. The molecule has 230 valence electrons. The number of amides is 3. The zero-order valence-corrected chi connectivity index (χ0v) is 25.6. The minimum absolute atomic E-state index is 0.00729. The second kappa shape index (κ2) is 16.4. The van der Waals surface area contributed by atoms with Crippen LogP contribution in [0.15, 0.2) is 48.5 Å². The van der Waals surface area contributed by atoms with Crippen molar-refractivity contribution in [2.24, 2.45) is 0 Å². The van der Waals surface area contributed by atoms with Gasteiger partial charge in [-0.05, 0) is 69.9 Å². The van der Waals surface area contributed by atoms with E-state index in [0.717, 1.165) is 12.0 Å². The van der Waals surface area contributed by atoms with Crippen molar-refractivity contribution in [3.8, 4) is 5.75 Å². The van der Waals surface area contributed by atoms with Crippen LogP contribution in [0.2, 0.25) is 0 Å². The molecule has 2 aromatic rings. The van der Waals surface area contributed by atoms with Crippen molar-refractivity contribution in [1.29, 1.82) is 0 Å². The summed E-state index contributed by atoms with van der Waals surface area (Å²) in [6.07, 6.45) is 0.708. The molecule has 0 spiro atoms. The summed E-state index contributed by atoms with van der Waals surface area (Å²) in [5.74, 6) is -1.26. The number of phenols is 1. The molecule has 0 fully saturated rings. The van der Waals surface area contributed by atoms with E-state index in [0.29, 0.717) is 17.5 Å². The molecule has 0 saturated carbocycles. The van der Waals surface area contributed by atoms with E-state index in [1.807, 2.05) is 26.0 Å². The Balaban J connectivity index is 2.51. The van der Waals surface area contributed by atoms with E-state index in [2.05, 4.69) is 10.6 Å². The number of rotatable bonds is 14. The van der Waals surface area contributed by atoms with Crippen LogP contribution in [0.1, 0.15) is 76.6 Å². The molecule has 42 heavy (non-hydrogen) atoms. The van der Waals surface area contributed by atoms with Crippen molar-refractivity contribution in [2.75, 3.05) is 19.7 Å². The van der Waals surface area contributed by atoms with E-state index in [4.69, 9.17) is 9.47 Å². The zero-order chi connectivity index (χ0) is 31.3. The Bertz CT molecular complexity index is 1190. The number of carbonyl (C=O) groups excluding carboxylic acids is 4. The molecule has 10 heteroatoms. The van der Waals surface area contributed by atoms with Gasteiger partial charge in [0, 0.05) is 19.5 Å². The van der Waals surface area contributed by atoms with Crippen LogP contribution >= 0.6 is 0 Å². The Kier molecular flexibility index (Phi) is 13.3. The molecule has 0 aliphatic heterocycles. The second-order valence-electron chi connectivity index (χ2n) is 11.1. The number of nitrogens with one attached hydrogen (secondary N) is 2. The van der Waals surface area contributed by atoms with Crippen LogP contribution in [0.5, 0.6) is 5.75 Å². The Morgan fingerprint density at radius 2 is 1.67 bits per heavy atom. The third-order valence-electron chi connectivity index (χ3n) is 6.38. The molecule has 10 nitrogen and oxygen atoms in total. The first-order chi connectivity index (χ1) is 19.9. The van der Waals surface area contributed by atoms with Gasteiger partial charge in [0.05, 0.1) is 13.0 Å². The number of alkyl carbamates (subject to hydrolysis) is 1. The maximum atomic E-state index is 14.4. The van der Waals surface area contributed by atoms with Gasteiger partial charge in [0.25, 0.3) is 0 Å². The van der Waals surface area contributed by atoms with Gasteiger partial charge in [0.15, 0.2) is 0 Å². The van der Waals surface area contributed by atoms with Gasteiger partial charge >= 0.3 is 12.1 Å². The number of benzene rings is 2. The van der Waals surface area contributed by atoms with Crippen molar-refractivity contribution in [3.05, 3.63) is 65.2 Å². The van der Waals surface area contributed by atoms with Gasteiger partial charge in [-0.15, -0.1) is 0 Å². The predicted octanol–water partition coefficient (Wildman–Crippen LogP) is 4.58. The van der Waals surface area contributed by atoms with Crippen LogP contribution in [0.3, 0.4) is 0 Å². The van der Waals surface area contributed by atoms with Crippen LogP contribution in [0, 0.1) is 6.92 Å². The Labute approximate surface area is 248 Å². The maximum Gasteiger partial charge on any atom is 0.408 e. The summed E-state index contributed by atoms with van der Waals surface area (Å²) in [4.78, 5) is 54.4. The average molecular weight is 584 g/mol. The molecule has 2 atom stereocenters. The monoisotopic (exact) mass is 583 g/mol. The fourth-order valence-electron chi connectivity index (χ4n) is 4.37. The fraction of sp³-hybridized carbons (Fsp3) is 0.500. The van der Waals surface area contributed by atoms with Gasteiger partial charge in [-0.1, -0.05) is 49.7 Å². The third kappa shape index (κ3) is 11.1. The Morgan fingerprint density at radius 1 is 1.00 bits per heavy atom. The van der Waals surface area contributed by atoms with E-state index in [9.17, 15) is 24.3 Å². The number of aromatic hydroxyl groups is 1. The second-order valence-corrected chi connectivity index (χ2v) is 11.1. The molecule has 0 radical (unpaired) electrons. The number of hydrogen-bond donors (Lipinski definition) is 3. The van der Waals surface area contributed by atoms with E-state index in [1.54, 1.807) is 52.0 Å². The molecule has 2 aromatic carbocycles. The first-order valence-electron chi connectivity index (χ1n) is 14.4. The van der Waals surface area contributed by atoms with Gasteiger partial charge in [-0.3, -0.25) is 14.4 Å². The molecule has 2 unspecified atom stereocenters. The van der Waals surface area contributed by atoms with Crippen LogP contribution in [-0.2, 0) is 30.3 Å². The SMILES string of the molecule is CCCCN(C(=O)C(Cc1ccc(O)cc1)NC(=O)OC(C)(C)C)C(C(=O)NCCC(=O)OCC)c1ccccc1C. The number of ether oxygens (including phenoxy) is 2. The summed E-state index contributed by atoms with van der Waals surface area (Å²) in [7, 11) is 0. The predicted molar refractivity (Wildman–Crippen MR) is 160 cm³/mol. The average Bonchev–Trinajstić information content (AvgIpc) is 2.91. The summed E-state index contributed by atoms with van der Waals surface area (Å²) in [5, 5.41) is 15.3. The van der Waals surface area contributed by atoms with E-state index < -0.39 is 41.6 Å². The molecule has 0 heterocycles. The van der Waals surface area contributed by atoms with Gasteiger partial charge in [0.2, 0.25) is 11.8 Å². The maximum absolute atomic E-state index is 14.4. The number of phenolic OH excluding ortho intramolecular Hbond substituents is 1. The lowest BCUT2D eigenvalue weighted by molar-refractivity contribution is -0.144. The van der Waals surface area contributed by atoms with E-state index >= 15 is 0 Å². The minimum atomic E-state index is -1.07. The van der Waals surface area contributed by atoms with Crippen molar-refractivity contribution < 1.29 is 33.8 Å². The summed E-state index contributed by atoms with van der Waals surface area (Å²) in [6, 6.07) is 11.6. The van der Waals surface area contributed by atoms with Crippen molar-refractivity contribution >= 4 is 23.9 Å². The number of nitrogens with zero attached hydrogens (tertiary/aromatic N) is 1. The molecule has 0 aliphatic carbocycles. The minimum Gasteiger partial charge on any atom is -0.508 e. The lowest BCUT2D eigenvalue weighted by Crippen LogP contribution is -2.54. The highest BCUT2D eigenvalue weighted by atomic mass is 16.6. The zero-order valence-electron chi connectivity index (χ0n) is 25.6. The highest BCUT2D eigenvalue weighted by Gasteiger charge is 2.36. The van der Waals surface area contributed by atoms with Crippen LogP contribution < -0.4 is 10.6 Å². The number of aryl methyl sites for hydroxylation is 1. The Morgan fingerprint density at radius 3 is 2.26 bits per heavy atom. The quantitative estimate of drug-likeness (QED) is 0.277. The standard InChI is InChI=1S/C32H45N3O7/c1-7-9-20-35(28(25-13-11-10-12-22(25)3)29(38)33-19-18-27(37)41-8-2)30(39)26(34-31(40)42-32(4,5)6)21-23-14-16-24(36)17-15-23/h10-17,26,28,36H,7-9,18-21H2,1-6H3,(H,33,38)(H,34,40). The largest absolute Gasteiger partial charge is 0.508 e. The first kappa shape index (κ1) is 34.1. The highest BCUT2D eigenvalue weighted by molar-refractivity contribution is 5.92.